The van der Waals surface area contributed by atoms with Gasteiger partial charge in [-0.3, -0.25) is 4.79 Å². The van der Waals surface area contributed by atoms with Crippen molar-refractivity contribution in [1.29, 1.82) is 0 Å². The molecule has 5 heteroatoms. The highest BCUT2D eigenvalue weighted by Gasteiger charge is 2.13. The fraction of sp³-hybridized carbons (Fsp3) is 0.200. The monoisotopic (exact) mass is 352 g/mol. The molecule has 3 rings (SSSR count). The number of aromatic nitrogens is 1. The van der Waals surface area contributed by atoms with Gasteiger partial charge >= 0.3 is 0 Å². The lowest BCUT2D eigenvalue weighted by atomic mass is 10.0. The predicted molar refractivity (Wildman–Crippen MR) is 101 cm³/mol. The molecule has 25 heavy (non-hydrogen) atoms. The molecule has 128 valence electrons. The highest BCUT2D eigenvalue weighted by Crippen LogP contribution is 2.23. The molecule has 2 N–H and O–H groups in total. The first-order valence-electron chi connectivity index (χ1n) is 8.20. The third-order valence-electron chi connectivity index (χ3n) is 3.89. The van der Waals surface area contributed by atoms with Crippen LogP contribution in [0.3, 0.4) is 0 Å². The largest absolute Gasteiger partial charge is 0.389 e. The second kappa shape index (κ2) is 8.05. The van der Waals surface area contributed by atoms with Gasteiger partial charge in [0.05, 0.1) is 11.8 Å². The van der Waals surface area contributed by atoms with Crippen LogP contribution in [0, 0.1) is 0 Å². The average molecular weight is 352 g/mol. The summed E-state index contributed by atoms with van der Waals surface area (Å²) in [7, 11) is 0. The van der Waals surface area contributed by atoms with E-state index in [-0.39, 0.29) is 5.91 Å². The Kier molecular flexibility index (Phi) is 5.58. The molecular weight excluding hydrogens is 332 g/mol. The van der Waals surface area contributed by atoms with E-state index in [4.69, 9.17) is 0 Å². The number of amides is 1. The van der Waals surface area contributed by atoms with Crippen molar-refractivity contribution in [3.63, 3.8) is 0 Å². The maximum atomic E-state index is 12.3. The van der Waals surface area contributed by atoms with Crippen LogP contribution >= 0.6 is 11.3 Å². The van der Waals surface area contributed by atoms with Gasteiger partial charge < -0.3 is 10.4 Å². The van der Waals surface area contributed by atoms with Gasteiger partial charge in [0.2, 0.25) is 0 Å². The van der Waals surface area contributed by atoms with E-state index in [1.54, 1.807) is 36.5 Å². The van der Waals surface area contributed by atoms with Gasteiger partial charge in [0, 0.05) is 29.5 Å². The van der Waals surface area contributed by atoms with Gasteiger partial charge in [-0.25, -0.2) is 4.98 Å². The first-order valence-corrected chi connectivity index (χ1v) is 9.08. The molecule has 2 aromatic carbocycles. The number of benzene rings is 2. The molecule has 1 aromatic heterocycles. The van der Waals surface area contributed by atoms with Gasteiger partial charge in [-0.2, -0.15) is 0 Å². The standard InChI is InChI=1S/C20H20N2O2S/c1-14(23)17-9-5-6-10-18(17)19(24)21-12-11-16-13-25-20(22-16)15-7-3-2-4-8-15/h2-10,13-14,23H,11-12H2,1H3,(H,21,24). The molecule has 1 amide bonds. The Hall–Kier alpha value is -2.50. The second-order valence-electron chi connectivity index (χ2n) is 5.78. The first kappa shape index (κ1) is 17.3. The van der Waals surface area contributed by atoms with Crippen molar-refractivity contribution in [2.75, 3.05) is 6.54 Å². The normalized spacial score (nSPS) is 11.9. The molecule has 0 aliphatic rings. The number of rotatable bonds is 6. The van der Waals surface area contributed by atoms with E-state index < -0.39 is 6.10 Å². The summed E-state index contributed by atoms with van der Waals surface area (Å²) in [6.45, 7) is 2.16. The summed E-state index contributed by atoms with van der Waals surface area (Å²) in [4.78, 5) is 17.0. The fourth-order valence-electron chi connectivity index (χ4n) is 2.60. The van der Waals surface area contributed by atoms with Crippen LogP contribution < -0.4 is 5.32 Å². The number of aliphatic hydroxyl groups excluding tert-OH is 1. The van der Waals surface area contributed by atoms with Gasteiger partial charge in [-0.05, 0) is 18.6 Å². The summed E-state index contributed by atoms with van der Waals surface area (Å²) in [5, 5.41) is 15.7. The molecule has 0 radical (unpaired) electrons. The van der Waals surface area contributed by atoms with Crippen LogP contribution in [-0.4, -0.2) is 22.5 Å². The van der Waals surface area contributed by atoms with E-state index >= 15 is 0 Å². The third-order valence-corrected chi connectivity index (χ3v) is 4.83. The topological polar surface area (TPSA) is 62.2 Å². The zero-order valence-corrected chi connectivity index (χ0v) is 14.8. The van der Waals surface area contributed by atoms with Crippen LogP contribution in [0.25, 0.3) is 10.6 Å². The molecular formula is C20H20N2O2S. The lowest BCUT2D eigenvalue weighted by Crippen LogP contribution is -2.27. The maximum absolute atomic E-state index is 12.3. The number of carbonyl (C=O) groups excluding carboxylic acids is 1. The highest BCUT2D eigenvalue weighted by molar-refractivity contribution is 7.13. The minimum atomic E-state index is -0.672. The lowest BCUT2D eigenvalue weighted by molar-refractivity contribution is 0.0947. The molecule has 0 spiro atoms. The summed E-state index contributed by atoms with van der Waals surface area (Å²) in [6.07, 6.45) is 0.000243. The van der Waals surface area contributed by atoms with E-state index in [1.165, 1.54) is 0 Å². The van der Waals surface area contributed by atoms with Gasteiger partial charge in [-0.15, -0.1) is 11.3 Å². The summed E-state index contributed by atoms with van der Waals surface area (Å²) >= 11 is 1.61. The minimum Gasteiger partial charge on any atom is -0.389 e. The summed E-state index contributed by atoms with van der Waals surface area (Å²) in [5.74, 6) is -0.171. The molecule has 1 atom stereocenters. The maximum Gasteiger partial charge on any atom is 0.251 e. The predicted octanol–water partition coefficient (Wildman–Crippen LogP) is 3.84. The van der Waals surface area contributed by atoms with E-state index in [9.17, 15) is 9.90 Å². The number of aliphatic hydroxyl groups is 1. The smallest absolute Gasteiger partial charge is 0.251 e. The molecule has 0 aliphatic heterocycles. The van der Waals surface area contributed by atoms with Gasteiger partial charge in [0.25, 0.3) is 5.91 Å². The fourth-order valence-corrected chi connectivity index (χ4v) is 3.46. The number of thiazole rings is 1. The molecule has 0 aliphatic carbocycles. The van der Waals surface area contributed by atoms with Gasteiger partial charge in [0.15, 0.2) is 0 Å². The quantitative estimate of drug-likeness (QED) is 0.709. The molecule has 4 nitrogen and oxygen atoms in total. The molecule has 1 unspecified atom stereocenters. The zero-order chi connectivity index (χ0) is 17.6. The van der Waals surface area contributed by atoms with Crippen molar-refractivity contribution in [1.82, 2.24) is 10.3 Å². The van der Waals surface area contributed by atoms with Crippen LogP contribution in [-0.2, 0) is 6.42 Å². The van der Waals surface area contributed by atoms with Crippen LogP contribution in [0.5, 0.6) is 0 Å². The number of nitrogens with zero attached hydrogens (tertiary/aromatic N) is 1. The Morgan fingerprint density at radius 2 is 1.88 bits per heavy atom. The number of carbonyl (C=O) groups is 1. The Balaban J connectivity index is 1.59. The summed E-state index contributed by atoms with van der Waals surface area (Å²) in [6, 6.07) is 17.2. The Morgan fingerprint density at radius 3 is 2.64 bits per heavy atom. The average Bonchev–Trinajstić information content (AvgIpc) is 3.11. The van der Waals surface area contributed by atoms with Crippen LogP contribution in [0.2, 0.25) is 0 Å². The van der Waals surface area contributed by atoms with Crippen molar-refractivity contribution in [3.8, 4) is 10.6 Å². The molecule has 0 bridgehead atoms. The molecule has 0 fully saturated rings. The Bertz CT molecular complexity index is 844. The van der Waals surface area contributed by atoms with Crippen molar-refractivity contribution in [2.45, 2.75) is 19.4 Å². The Morgan fingerprint density at radius 1 is 1.16 bits per heavy atom. The van der Waals surface area contributed by atoms with E-state index in [1.807, 2.05) is 41.8 Å². The van der Waals surface area contributed by atoms with E-state index in [0.717, 1.165) is 16.3 Å². The van der Waals surface area contributed by atoms with Crippen molar-refractivity contribution < 1.29 is 9.90 Å². The van der Waals surface area contributed by atoms with Crippen LogP contribution in [0.1, 0.15) is 34.6 Å². The van der Waals surface area contributed by atoms with Crippen LogP contribution in [0.4, 0.5) is 0 Å². The highest BCUT2D eigenvalue weighted by atomic mass is 32.1. The first-order chi connectivity index (χ1) is 12.1. The Labute approximate surface area is 151 Å². The minimum absolute atomic E-state index is 0.171. The molecule has 1 heterocycles. The number of hydrogen-bond donors (Lipinski definition) is 2. The lowest BCUT2D eigenvalue weighted by Gasteiger charge is -2.11. The summed E-state index contributed by atoms with van der Waals surface area (Å²) in [5.41, 5.74) is 3.22. The molecule has 0 saturated heterocycles. The van der Waals surface area contributed by atoms with Crippen LogP contribution in [0.15, 0.2) is 60.0 Å². The second-order valence-corrected chi connectivity index (χ2v) is 6.64. The van der Waals surface area contributed by atoms with Crippen molar-refractivity contribution in [2.24, 2.45) is 0 Å². The van der Waals surface area contributed by atoms with Crippen molar-refractivity contribution in [3.05, 3.63) is 76.8 Å². The van der Waals surface area contributed by atoms with E-state index in [0.29, 0.717) is 24.1 Å². The SMILES string of the molecule is CC(O)c1ccccc1C(=O)NCCc1csc(-c2ccccc2)n1. The molecule has 0 saturated carbocycles. The zero-order valence-electron chi connectivity index (χ0n) is 14.0. The molecule has 3 aromatic rings. The van der Waals surface area contributed by atoms with Gasteiger partial charge in [-0.1, -0.05) is 48.5 Å². The summed E-state index contributed by atoms with van der Waals surface area (Å²) < 4.78 is 0. The third kappa shape index (κ3) is 4.32. The number of hydrogen-bond acceptors (Lipinski definition) is 4. The van der Waals surface area contributed by atoms with Gasteiger partial charge in [0.1, 0.15) is 5.01 Å². The number of nitrogens with one attached hydrogen (secondary N) is 1. The van der Waals surface area contributed by atoms with Crippen molar-refractivity contribution >= 4 is 17.2 Å². The van der Waals surface area contributed by atoms with E-state index in [2.05, 4.69) is 10.3 Å².